The molecule has 0 saturated carbocycles. The van der Waals surface area contributed by atoms with Gasteiger partial charge in [0, 0.05) is 19.8 Å². The molecule has 2 nitrogen and oxygen atoms in total. The van der Waals surface area contributed by atoms with E-state index in [1.165, 1.54) is 6.07 Å². The van der Waals surface area contributed by atoms with Crippen molar-refractivity contribution in [2.45, 2.75) is 26.3 Å². The molecule has 0 amide bonds. The molecule has 1 rings (SSSR count). The van der Waals surface area contributed by atoms with E-state index in [1.54, 1.807) is 13.2 Å². The molecule has 0 saturated heterocycles. The second kappa shape index (κ2) is 6.72. The van der Waals surface area contributed by atoms with Gasteiger partial charge in [-0.3, -0.25) is 0 Å². The first-order valence-corrected chi connectivity index (χ1v) is 6.00. The van der Waals surface area contributed by atoms with Gasteiger partial charge in [-0.25, -0.2) is 4.39 Å². The van der Waals surface area contributed by atoms with Crippen LogP contribution in [-0.2, 0) is 4.74 Å². The summed E-state index contributed by atoms with van der Waals surface area (Å²) in [6, 6.07) is 5.22. The van der Waals surface area contributed by atoms with Crippen LogP contribution < -0.4 is 5.32 Å². The lowest BCUT2D eigenvalue weighted by Crippen LogP contribution is -2.21. The highest BCUT2D eigenvalue weighted by Gasteiger charge is 2.15. The molecule has 2 atom stereocenters. The highest BCUT2D eigenvalue weighted by Crippen LogP contribution is 2.24. The summed E-state index contributed by atoms with van der Waals surface area (Å²) >= 11 is 0. The maximum Gasteiger partial charge on any atom is 0.123 e. The number of aryl methyl sites for hydroxylation is 1. The molecule has 3 heteroatoms. The quantitative estimate of drug-likeness (QED) is 0.823. The summed E-state index contributed by atoms with van der Waals surface area (Å²) in [5.74, 6) is 0.299. The van der Waals surface area contributed by atoms with E-state index >= 15 is 0 Å². The SMILES string of the molecule is CNC(CC(C)COC)c1ccc(F)cc1C. The fourth-order valence-electron chi connectivity index (χ4n) is 2.19. The van der Waals surface area contributed by atoms with Crippen molar-refractivity contribution in [2.24, 2.45) is 5.92 Å². The zero-order valence-corrected chi connectivity index (χ0v) is 11.1. The molecule has 0 heterocycles. The Morgan fingerprint density at radius 3 is 2.65 bits per heavy atom. The average molecular weight is 239 g/mol. The molecule has 1 aromatic carbocycles. The standard InChI is InChI=1S/C14H22FNO/c1-10(9-17-4)7-14(16-3)13-6-5-12(15)8-11(13)2/h5-6,8,10,14,16H,7,9H2,1-4H3. The van der Waals surface area contributed by atoms with Gasteiger partial charge in [0.05, 0.1) is 0 Å². The monoisotopic (exact) mass is 239 g/mol. The van der Waals surface area contributed by atoms with Crippen LogP contribution in [-0.4, -0.2) is 20.8 Å². The summed E-state index contributed by atoms with van der Waals surface area (Å²) in [4.78, 5) is 0. The number of rotatable bonds is 6. The number of ether oxygens (including phenoxy) is 1. The highest BCUT2D eigenvalue weighted by atomic mass is 19.1. The van der Waals surface area contributed by atoms with Crippen LogP contribution in [0.1, 0.15) is 30.5 Å². The van der Waals surface area contributed by atoms with Gasteiger partial charge in [0.25, 0.3) is 0 Å². The maximum atomic E-state index is 13.1. The zero-order chi connectivity index (χ0) is 12.8. The largest absolute Gasteiger partial charge is 0.384 e. The smallest absolute Gasteiger partial charge is 0.123 e. The van der Waals surface area contributed by atoms with Gasteiger partial charge in [-0.2, -0.15) is 0 Å². The van der Waals surface area contributed by atoms with Crippen LogP contribution in [0.4, 0.5) is 4.39 Å². The molecule has 1 N–H and O–H groups in total. The van der Waals surface area contributed by atoms with Crippen LogP contribution in [0.2, 0.25) is 0 Å². The first kappa shape index (κ1) is 14.1. The highest BCUT2D eigenvalue weighted by molar-refractivity contribution is 5.29. The van der Waals surface area contributed by atoms with E-state index in [1.807, 2.05) is 20.0 Å². The van der Waals surface area contributed by atoms with Gasteiger partial charge < -0.3 is 10.1 Å². The lowest BCUT2D eigenvalue weighted by molar-refractivity contribution is 0.150. The zero-order valence-electron chi connectivity index (χ0n) is 11.1. The Hall–Kier alpha value is -0.930. The number of methoxy groups -OCH3 is 1. The number of hydrogen-bond acceptors (Lipinski definition) is 2. The average Bonchev–Trinajstić information content (AvgIpc) is 2.27. The third-order valence-corrected chi connectivity index (χ3v) is 3.04. The molecule has 0 aliphatic rings. The summed E-state index contributed by atoms with van der Waals surface area (Å²) in [5.41, 5.74) is 2.16. The molecule has 0 bridgehead atoms. The van der Waals surface area contributed by atoms with Crippen molar-refractivity contribution in [2.75, 3.05) is 20.8 Å². The molecule has 0 spiro atoms. The van der Waals surface area contributed by atoms with Crippen molar-refractivity contribution in [3.8, 4) is 0 Å². The molecule has 96 valence electrons. The van der Waals surface area contributed by atoms with Crippen LogP contribution in [0.5, 0.6) is 0 Å². The van der Waals surface area contributed by atoms with Gasteiger partial charge in [-0.1, -0.05) is 13.0 Å². The van der Waals surface area contributed by atoms with Gasteiger partial charge in [-0.15, -0.1) is 0 Å². The fourth-order valence-corrected chi connectivity index (χ4v) is 2.19. The Kier molecular flexibility index (Phi) is 5.59. The molecule has 0 fully saturated rings. The van der Waals surface area contributed by atoms with Crippen molar-refractivity contribution in [1.29, 1.82) is 0 Å². The predicted octanol–water partition coefficient (Wildman–Crippen LogP) is 3.07. The number of halogens is 1. The van der Waals surface area contributed by atoms with E-state index in [4.69, 9.17) is 4.74 Å². The molecule has 1 aromatic rings. The third kappa shape index (κ3) is 4.10. The Labute approximate surface area is 103 Å². The molecular weight excluding hydrogens is 217 g/mol. The molecule has 2 unspecified atom stereocenters. The Balaban J connectivity index is 2.79. The van der Waals surface area contributed by atoms with Crippen LogP contribution in [0.25, 0.3) is 0 Å². The number of benzene rings is 1. The lowest BCUT2D eigenvalue weighted by atomic mass is 9.93. The van der Waals surface area contributed by atoms with E-state index in [-0.39, 0.29) is 11.9 Å². The van der Waals surface area contributed by atoms with E-state index in [9.17, 15) is 4.39 Å². The van der Waals surface area contributed by atoms with E-state index in [2.05, 4.69) is 12.2 Å². The minimum atomic E-state index is -0.175. The van der Waals surface area contributed by atoms with Crippen LogP contribution >= 0.6 is 0 Å². The molecule has 17 heavy (non-hydrogen) atoms. The maximum absolute atomic E-state index is 13.1. The van der Waals surface area contributed by atoms with E-state index in [0.717, 1.165) is 24.2 Å². The fraction of sp³-hybridized carbons (Fsp3) is 0.571. The van der Waals surface area contributed by atoms with Gasteiger partial charge in [0.2, 0.25) is 0 Å². The number of hydrogen-bond donors (Lipinski definition) is 1. The normalized spacial score (nSPS) is 14.6. The van der Waals surface area contributed by atoms with Gasteiger partial charge in [0.1, 0.15) is 5.82 Å². The van der Waals surface area contributed by atoms with Crippen LogP contribution in [0, 0.1) is 18.7 Å². The number of nitrogens with one attached hydrogen (secondary N) is 1. The van der Waals surface area contributed by atoms with Crippen molar-refractivity contribution in [3.05, 3.63) is 35.1 Å². The van der Waals surface area contributed by atoms with Crippen LogP contribution in [0.3, 0.4) is 0 Å². The van der Waals surface area contributed by atoms with Crippen molar-refractivity contribution >= 4 is 0 Å². The predicted molar refractivity (Wildman–Crippen MR) is 68.6 cm³/mol. The first-order chi connectivity index (χ1) is 8.08. The second-order valence-corrected chi connectivity index (χ2v) is 4.64. The topological polar surface area (TPSA) is 21.3 Å². The molecular formula is C14H22FNO. The van der Waals surface area contributed by atoms with Crippen molar-refractivity contribution < 1.29 is 9.13 Å². The summed E-state index contributed by atoms with van der Waals surface area (Å²) < 4.78 is 18.2. The van der Waals surface area contributed by atoms with Gasteiger partial charge in [0.15, 0.2) is 0 Å². The molecule has 0 aliphatic carbocycles. The minimum Gasteiger partial charge on any atom is -0.384 e. The second-order valence-electron chi connectivity index (χ2n) is 4.64. The minimum absolute atomic E-state index is 0.175. The van der Waals surface area contributed by atoms with E-state index < -0.39 is 0 Å². The van der Waals surface area contributed by atoms with Crippen molar-refractivity contribution in [3.63, 3.8) is 0 Å². The summed E-state index contributed by atoms with van der Waals surface area (Å²) in [6.45, 7) is 4.86. The Bertz CT molecular complexity index is 354. The Morgan fingerprint density at radius 1 is 1.41 bits per heavy atom. The first-order valence-electron chi connectivity index (χ1n) is 6.00. The summed E-state index contributed by atoms with van der Waals surface area (Å²) in [7, 11) is 3.65. The lowest BCUT2D eigenvalue weighted by Gasteiger charge is -2.22. The summed E-state index contributed by atoms with van der Waals surface area (Å²) in [5, 5.41) is 3.29. The van der Waals surface area contributed by atoms with Gasteiger partial charge in [-0.05, 0) is 49.6 Å². The molecule has 0 aromatic heterocycles. The molecule has 0 aliphatic heterocycles. The van der Waals surface area contributed by atoms with E-state index in [0.29, 0.717) is 5.92 Å². The van der Waals surface area contributed by atoms with Gasteiger partial charge >= 0.3 is 0 Å². The molecule has 0 radical (unpaired) electrons. The third-order valence-electron chi connectivity index (χ3n) is 3.04. The van der Waals surface area contributed by atoms with Crippen molar-refractivity contribution in [1.82, 2.24) is 5.32 Å². The Morgan fingerprint density at radius 2 is 2.12 bits per heavy atom. The summed E-state index contributed by atoms with van der Waals surface area (Å²) in [6.07, 6.45) is 0.983. The van der Waals surface area contributed by atoms with Crippen LogP contribution in [0.15, 0.2) is 18.2 Å².